The number of esters is 1. The minimum Gasteiger partial charge on any atom is -0.473 e. The van der Waals surface area contributed by atoms with Crippen molar-refractivity contribution >= 4 is 29.2 Å². The molecule has 0 unspecified atom stereocenters. The summed E-state index contributed by atoms with van der Waals surface area (Å²) in [6.45, 7) is 1.99. The van der Waals surface area contributed by atoms with Crippen molar-refractivity contribution in [2.24, 2.45) is 7.05 Å². The number of nitrogens with zero attached hydrogens (tertiary/aromatic N) is 2. The van der Waals surface area contributed by atoms with Crippen LogP contribution in [0.25, 0.3) is 0 Å². The van der Waals surface area contributed by atoms with Gasteiger partial charge in [-0.25, -0.2) is 9.48 Å². The Morgan fingerprint density at radius 1 is 1.38 bits per heavy atom. The summed E-state index contributed by atoms with van der Waals surface area (Å²) in [4.78, 5) is 11.6. The quantitative estimate of drug-likeness (QED) is 0.807. The van der Waals surface area contributed by atoms with Crippen LogP contribution in [0, 0.1) is 6.92 Å². The average molecular weight is 329 g/mol. The van der Waals surface area contributed by atoms with Crippen molar-refractivity contribution in [2.45, 2.75) is 13.5 Å². The third-order valence-corrected chi connectivity index (χ3v) is 3.70. The summed E-state index contributed by atoms with van der Waals surface area (Å²) in [6.07, 6.45) is 0. The number of aromatic nitrogens is 2. The first-order valence-electron chi connectivity index (χ1n) is 6.12. The number of halogens is 2. The van der Waals surface area contributed by atoms with Crippen molar-refractivity contribution in [3.05, 3.63) is 45.1 Å². The molecule has 0 atom stereocenters. The maximum Gasteiger partial charge on any atom is 0.339 e. The first-order valence-corrected chi connectivity index (χ1v) is 6.88. The number of hydrogen-bond donors (Lipinski definition) is 0. The predicted octanol–water partition coefficient (Wildman–Crippen LogP) is 3.40. The summed E-state index contributed by atoms with van der Waals surface area (Å²) in [7, 11) is 3.07. The Kier molecular flexibility index (Phi) is 4.75. The lowest BCUT2D eigenvalue weighted by atomic mass is 10.1. The van der Waals surface area contributed by atoms with E-state index in [1.807, 2.05) is 6.92 Å². The molecule has 0 saturated carbocycles. The zero-order valence-electron chi connectivity index (χ0n) is 11.8. The van der Waals surface area contributed by atoms with Crippen LogP contribution >= 0.6 is 23.2 Å². The second-order valence-corrected chi connectivity index (χ2v) is 5.20. The molecule has 2 rings (SSSR count). The van der Waals surface area contributed by atoms with Gasteiger partial charge in [-0.3, -0.25) is 0 Å². The summed E-state index contributed by atoms with van der Waals surface area (Å²) in [5.41, 5.74) is 1.62. The fourth-order valence-electron chi connectivity index (χ4n) is 1.87. The van der Waals surface area contributed by atoms with E-state index in [0.29, 0.717) is 16.5 Å². The van der Waals surface area contributed by atoms with Crippen LogP contribution in [0.3, 0.4) is 0 Å². The number of ether oxygens (including phenoxy) is 2. The standard InChI is InChI=1S/C14H14Cl2N2O3/c1-8-6-12(18(2)17-8)21-7-10-11(15)5-4-9(13(10)16)14(19)20-3/h4-6H,7H2,1-3H3. The molecule has 0 bridgehead atoms. The molecule has 7 heteroatoms. The molecular weight excluding hydrogens is 315 g/mol. The van der Waals surface area contributed by atoms with Crippen LogP contribution in [0.15, 0.2) is 18.2 Å². The van der Waals surface area contributed by atoms with Crippen molar-refractivity contribution in [2.75, 3.05) is 7.11 Å². The second-order valence-electron chi connectivity index (χ2n) is 4.42. The predicted molar refractivity (Wildman–Crippen MR) is 80.1 cm³/mol. The van der Waals surface area contributed by atoms with Gasteiger partial charge in [0.15, 0.2) is 0 Å². The molecule has 112 valence electrons. The van der Waals surface area contributed by atoms with E-state index in [1.54, 1.807) is 23.9 Å². The summed E-state index contributed by atoms with van der Waals surface area (Å²) in [5, 5.41) is 4.83. The zero-order chi connectivity index (χ0) is 15.6. The average Bonchev–Trinajstić information content (AvgIpc) is 2.76. The number of carbonyl (C=O) groups is 1. The van der Waals surface area contributed by atoms with Crippen molar-refractivity contribution in [3.63, 3.8) is 0 Å². The highest BCUT2D eigenvalue weighted by Crippen LogP contribution is 2.30. The number of rotatable bonds is 4. The molecule has 1 aromatic heterocycles. The molecule has 2 aromatic rings. The van der Waals surface area contributed by atoms with Gasteiger partial charge in [-0.05, 0) is 19.1 Å². The molecule has 0 radical (unpaired) electrons. The molecule has 0 amide bonds. The van der Waals surface area contributed by atoms with Crippen molar-refractivity contribution in [3.8, 4) is 5.88 Å². The highest BCUT2D eigenvalue weighted by atomic mass is 35.5. The molecule has 0 aliphatic heterocycles. The Morgan fingerprint density at radius 2 is 2.10 bits per heavy atom. The highest BCUT2D eigenvalue weighted by Gasteiger charge is 2.17. The summed E-state index contributed by atoms with van der Waals surface area (Å²) in [5.74, 6) is 0.0670. The normalized spacial score (nSPS) is 10.5. The van der Waals surface area contributed by atoms with E-state index in [2.05, 4.69) is 9.84 Å². The number of methoxy groups -OCH3 is 1. The molecular formula is C14H14Cl2N2O3. The molecule has 0 N–H and O–H groups in total. The molecule has 0 aliphatic carbocycles. The van der Waals surface area contributed by atoms with Gasteiger partial charge in [-0.1, -0.05) is 23.2 Å². The van der Waals surface area contributed by atoms with Crippen LogP contribution < -0.4 is 4.74 Å². The van der Waals surface area contributed by atoms with Gasteiger partial charge in [-0.2, -0.15) is 5.10 Å². The van der Waals surface area contributed by atoms with E-state index < -0.39 is 5.97 Å². The molecule has 1 aromatic carbocycles. The zero-order valence-corrected chi connectivity index (χ0v) is 13.3. The van der Waals surface area contributed by atoms with Gasteiger partial charge in [0.25, 0.3) is 0 Å². The molecule has 0 spiro atoms. The van der Waals surface area contributed by atoms with E-state index in [-0.39, 0.29) is 17.2 Å². The monoisotopic (exact) mass is 328 g/mol. The van der Waals surface area contributed by atoms with E-state index in [9.17, 15) is 4.79 Å². The molecule has 5 nitrogen and oxygen atoms in total. The third kappa shape index (κ3) is 3.31. The number of benzene rings is 1. The lowest BCUT2D eigenvalue weighted by molar-refractivity contribution is 0.0600. The fraction of sp³-hybridized carbons (Fsp3) is 0.286. The summed E-state index contributed by atoms with van der Waals surface area (Å²) in [6, 6.07) is 4.91. The van der Waals surface area contributed by atoms with Gasteiger partial charge in [-0.15, -0.1) is 0 Å². The first kappa shape index (κ1) is 15.7. The van der Waals surface area contributed by atoms with Gasteiger partial charge in [0.05, 0.1) is 23.4 Å². The Hall–Kier alpha value is -1.72. The van der Waals surface area contributed by atoms with Crippen LogP contribution in [-0.4, -0.2) is 22.9 Å². The van der Waals surface area contributed by atoms with Crippen LogP contribution in [-0.2, 0) is 18.4 Å². The maximum atomic E-state index is 11.6. The van der Waals surface area contributed by atoms with Gasteiger partial charge < -0.3 is 9.47 Å². The summed E-state index contributed by atoms with van der Waals surface area (Å²) >= 11 is 12.3. The molecule has 21 heavy (non-hydrogen) atoms. The minimum absolute atomic E-state index is 0.126. The molecule has 0 aliphatic rings. The van der Waals surface area contributed by atoms with Crippen LogP contribution in [0.1, 0.15) is 21.6 Å². The summed E-state index contributed by atoms with van der Waals surface area (Å²) < 4.78 is 11.9. The lowest BCUT2D eigenvalue weighted by Crippen LogP contribution is -2.07. The van der Waals surface area contributed by atoms with Crippen molar-refractivity contribution < 1.29 is 14.3 Å². The minimum atomic E-state index is -0.519. The molecule has 0 fully saturated rings. The maximum absolute atomic E-state index is 11.6. The van der Waals surface area contributed by atoms with Crippen LogP contribution in [0.4, 0.5) is 0 Å². The Morgan fingerprint density at radius 3 is 2.67 bits per heavy atom. The topological polar surface area (TPSA) is 53.4 Å². The van der Waals surface area contributed by atoms with Crippen LogP contribution in [0.2, 0.25) is 10.0 Å². The number of hydrogen-bond acceptors (Lipinski definition) is 4. The SMILES string of the molecule is COC(=O)c1ccc(Cl)c(COc2cc(C)nn2C)c1Cl. The first-order chi connectivity index (χ1) is 9.93. The smallest absolute Gasteiger partial charge is 0.339 e. The van der Waals surface area contributed by atoms with Gasteiger partial charge in [0, 0.05) is 23.7 Å². The Balaban J connectivity index is 2.27. The highest BCUT2D eigenvalue weighted by molar-refractivity contribution is 6.37. The van der Waals surface area contributed by atoms with Crippen molar-refractivity contribution in [1.29, 1.82) is 0 Å². The largest absolute Gasteiger partial charge is 0.473 e. The van der Waals surface area contributed by atoms with E-state index in [1.165, 1.54) is 13.2 Å². The number of carbonyl (C=O) groups excluding carboxylic acids is 1. The van der Waals surface area contributed by atoms with Gasteiger partial charge in [0.2, 0.25) is 5.88 Å². The van der Waals surface area contributed by atoms with E-state index >= 15 is 0 Å². The van der Waals surface area contributed by atoms with E-state index in [0.717, 1.165) is 5.69 Å². The molecule has 0 saturated heterocycles. The Bertz CT molecular complexity index is 683. The third-order valence-electron chi connectivity index (χ3n) is 2.91. The van der Waals surface area contributed by atoms with Crippen LogP contribution in [0.5, 0.6) is 5.88 Å². The Labute approximate surface area is 132 Å². The van der Waals surface area contributed by atoms with Gasteiger partial charge in [0.1, 0.15) is 6.61 Å². The second kappa shape index (κ2) is 6.37. The number of aryl methyl sites for hydroxylation is 2. The fourth-order valence-corrected chi connectivity index (χ4v) is 2.42. The lowest BCUT2D eigenvalue weighted by Gasteiger charge is -2.11. The van der Waals surface area contributed by atoms with Crippen molar-refractivity contribution in [1.82, 2.24) is 9.78 Å². The molecule has 1 heterocycles. The van der Waals surface area contributed by atoms with Gasteiger partial charge >= 0.3 is 5.97 Å². The van der Waals surface area contributed by atoms with E-state index in [4.69, 9.17) is 27.9 Å².